The monoisotopic (exact) mass is 299 g/mol. The number of nitrogens with zero attached hydrogens (tertiary/aromatic N) is 2. The predicted octanol–water partition coefficient (Wildman–Crippen LogP) is 1.38. The maximum absolute atomic E-state index is 12.1. The van der Waals surface area contributed by atoms with Crippen LogP contribution in [-0.2, 0) is 4.79 Å². The van der Waals surface area contributed by atoms with E-state index in [0.717, 1.165) is 12.3 Å². The minimum Gasteiger partial charge on any atom is -0.480 e. The number of nitrogens with one attached hydrogen (secondary N) is 1. The van der Waals surface area contributed by atoms with Crippen LogP contribution in [0.2, 0.25) is 5.15 Å². The Hall–Kier alpha value is -2.22. The standard InChI is InChI=1S/C11H10ClN3O5/c12-8-7(15(19)20)6(2-5-13-8)9(16)14-11(10(17)18)3-1-4-11/h2,5H,1,3-4H2,(H,14,16)(H,17,18). The van der Waals surface area contributed by atoms with E-state index in [-0.39, 0.29) is 5.56 Å². The number of aliphatic carboxylic acids is 1. The number of carbonyl (C=O) groups is 2. The molecule has 0 radical (unpaired) electrons. The van der Waals surface area contributed by atoms with Crippen molar-refractivity contribution in [1.82, 2.24) is 10.3 Å². The molecule has 1 saturated carbocycles. The molecule has 2 N–H and O–H groups in total. The topological polar surface area (TPSA) is 122 Å². The molecule has 0 aliphatic heterocycles. The van der Waals surface area contributed by atoms with E-state index in [1.807, 2.05) is 0 Å². The first kappa shape index (κ1) is 14.2. The molecule has 9 heteroatoms. The summed E-state index contributed by atoms with van der Waals surface area (Å²) in [6, 6.07) is 1.13. The molecule has 1 heterocycles. The van der Waals surface area contributed by atoms with Gasteiger partial charge in [0.1, 0.15) is 11.1 Å². The van der Waals surface area contributed by atoms with Gasteiger partial charge in [0, 0.05) is 6.20 Å². The Morgan fingerprint density at radius 3 is 2.60 bits per heavy atom. The number of carbonyl (C=O) groups excluding carboxylic acids is 1. The summed E-state index contributed by atoms with van der Waals surface area (Å²) in [5.74, 6) is -2.00. The SMILES string of the molecule is O=C(NC1(C(=O)O)CCC1)c1ccnc(Cl)c1[N+](=O)[O-]. The zero-order valence-corrected chi connectivity index (χ0v) is 10.9. The van der Waals surface area contributed by atoms with E-state index in [9.17, 15) is 19.7 Å². The minimum absolute atomic E-state index is 0.292. The third-order valence-electron chi connectivity index (χ3n) is 3.28. The highest BCUT2D eigenvalue weighted by Gasteiger charge is 2.46. The zero-order valence-electron chi connectivity index (χ0n) is 10.1. The fourth-order valence-electron chi connectivity index (χ4n) is 1.99. The van der Waals surface area contributed by atoms with Gasteiger partial charge in [0.05, 0.1) is 4.92 Å². The third kappa shape index (κ3) is 2.29. The van der Waals surface area contributed by atoms with Gasteiger partial charge in [-0.3, -0.25) is 14.9 Å². The van der Waals surface area contributed by atoms with Gasteiger partial charge in [-0.05, 0) is 25.3 Å². The quantitative estimate of drug-likeness (QED) is 0.492. The lowest BCUT2D eigenvalue weighted by molar-refractivity contribution is -0.385. The molecule has 1 fully saturated rings. The largest absolute Gasteiger partial charge is 0.480 e. The van der Waals surface area contributed by atoms with Gasteiger partial charge in [-0.1, -0.05) is 11.6 Å². The molecule has 1 aromatic heterocycles. The lowest BCUT2D eigenvalue weighted by atomic mass is 9.76. The van der Waals surface area contributed by atoms with E-state index >= 15 is 0 Å². The van der Waals surface area contributed by atoms with Crippen molar-refractivity contribution in [3.05, 3.63) is 33.1 Å². The van der Waals surface area contributed by atoms with E-state index in [0.29, 0.717) is 19.3 Å². The van der Waals surface area contributed by atoms with Crippen LogP contribution in [0, 0.1) is 10.1 Å². The van der Waals surface area contributed by atoms with Crippen molar-refractivity contribution >= 4 is 29.2 Å². The Labute approximate surface area is 117 Å². The van der Waals surface area contributed by atoms with E-state index < -0.39 is 33.2 Å². The molecular weight excluding hydrogens is 290 g/mol. The van der Waals surface area contributed by atoms with E-state index in [4.69, 9.17) is 16.7 Å². The van der Waals surface area contributed by atoms with Crippen LogP contribution in [0.25, 0.3) is 0 Å². The summed E-state index contributed by atoms with van der Waals surface area (Å²) in [4.78, 5) is 36.9. The highest BCUT2D eigenvalue weighted by Crippen LogP contribution is 2.33. The summed E-state index contributed by atoms with van der Waals surface area (Å²) < 4.78 is 0. The molecule has 0 atom stereocenters. The van der Waals surface area contributed by atoms with Gasteiger partial charge in [-0.2, -0.15) is 0 Å². The van der Waals surface area contributed by atoms with Gasteiger partial charge < -0.3 is 10.4 Å². The van der Waals surface area contributed by atoms with Crippen molar-refractivity contribution in [2.75, 3.05) is 0 Å². The van der Waals surface area contributed by atoms with Crippen molar-refractivity contribution in [2.45, 2.75) is 24.8 Å². The van der Waals surface area contributed by atoms with Crippen molar-refractivity contribution in [3.8, 4) is 0 Å². The van der Waals surface area contributed by atoms with E-state index in [1.54, 1.807) is 0 Å². The first-order valence-electron chi connectivity index (χ1n) is 5.72. The number of rotatable bonds is 4. The number of hydrogen-bond acceptors (Lipinski definition) is 5. The Kier molecular flexibility index (Phi) is 3.58. The number of amides is 1. The number of carboxylic acid groups (broad SMARTS) is 1. The average Bonchev–Trinajstić information content (AvgIpc) is 2.32. The van der Waals surface area contributed by atoms with Gasteiger partial charge in [-0.25, -0.2) is 9.78 Å². The number of halogens is 1. The van der Waals surface area contributed by atoms with Crippen LogP contribution in [0.5, 0.6) is 0 Å². The molecule has 0 saturated heterocycles. The second-order valence-corrected chi connectivity index (χ2v) is 4.81. The van der Waals surface area contributed by atoms with Crippen LogP contribution in [0.1, 0.15) is 29.6 Å². The molecule has 1 aromatic rings. The van der Waals surface area contributed by atoms with Crippen LogP contribution in [-0.4, -0.2) is 32.4 Å². The van der Waals surface area contributed by atoms with Crippen LogP contribution in [0.3, 0.4) is 0 Å². The fraction of sp³-hybridized carbons (Fsp3) is 0.364. The summed E-state index contributed by atoms with van der Waals surface area (Å²) in [5, 5.41) is 22.0. The molecule has 0 bridgehead atoms. The molecule has 0 spiro atoms. The first-order chi connectivity index (χ1) is 9.37. The molecule has 106 valence electrons. The summed E-state index contributed by atoms with van der Waals surface area (Å²) in [6.07, 6.45) is 2.41. The molecule has 20 heavy (non-hydrogen) atoms. The van der Waals surface area contributed by atoms with E-state index in [1.165, 1.54) is 0 Å². The van der Waals surface area contributed by atoms with Crippen LogP contribution in [0.4, 0.5) is 5.69 Å². The molecular formula is C11H10ClN3O5. The van der Waals surface area contributed by atoms with Crippen molar-refractivity contribution < 1.29 is 19.6 Å². The average molecular weight is 300 g/mol. The molecule has 1 aliphatic rings. The zero-order chi connectivity index (χ0) is 14.9. The van der Waals surface area contributed by atoms with Gasteiger partial charge >= 0.3 is 11.7 Å². The molecule has 1 aliphatic carbocycles. The minimum atomic E-state index is -1.35. The summed E-state index contributed by atoms with van der Waals surface area (Å²) in [6.45, 7) is 0. The van der Waals surface area contributed by atoms with Gasteiger partial charge in [0.2, 0.25) is 5.15 Å². The van der Waals surface area contributed by atoms with Gasteiger partial charge in [0.25, 0.3) is 5.91 Å². The summed E-state index contributed by atoms with van der Waals surface area (Å²) in [5.41, 5.74) is -2.28. The molecule has 8 nitrogen and oxygen atoms in total. The maximum atomic E-state index is 12.1. The molecule has 1 amide bonds. The first-order valence-corrected chi connectivity index (χ1v) is 6.10. The predicted molar refractivity (Wildman–Crippen MR) is 67.6 cm³/mol. The highest BCUT2D eigenvalue weighted by molar-refractivity contribution is 6.32. The fourth-order valence-corrected chi connectivity index (χ4v) is 2.22. The van der Waals surface area contributed by atoms with Crippen molar-refractivity contribution in [2.24, 2.45) is 0 Å². The number of aromatic nitrogens is 1. The van der Waals surface area contributed by atoms with Gasteiger partial charge in [-0.15, -0.1) is 0 Å². The Balaban J connectivity index is 2.33. The van der Waals surface area contributed by atoms with Crippen LogP contribution >= 0.6 is 11.6 Å². The smallest absolute Gasteiger partial charge is 0.329 e. The molecule has 0 aromatic carbocycles. The second-order valence-electron chi connectivity index (χ2n) is 4.45. The number of pyridine rings is 1. The number of carboxylic acids is 1. The van der Waals surface area contributed by atoms with E-state index in [2.05, 4.69) is 10.3 Å². The lowest BCUT2D eigenvalue weighted by Gasteiger charge is -2.38. The Morgan fingerprint density at radius 2 is 2.15 bits per heavy atom. The molecule has 0 unspecified atom stereocenters. The highest BCUT2D eigenvalue weighted by atomic mass is 35.5. The lowest BCUT2D eigenvalue weighted by Crippen LogP contribution is -2.59. The normalized spacial score (nSPS) is 16.1. The van der Waals surface area contributed by atoms with Crippen LogP contribution < -0.4 is 5.32 Å². The van der Waals surface area contributed by atoms with Crippen molar-refractivity contribution in [3.63, 3.8) is 0 Å². The number of nitro groups is 1. The van der Waals surface area contributed by atoms with Gasteiger partial charge in [0.15, 0.2) is 0 Å². The maximum Gasteiger partial charge on any atom is 0.329 e. The Bertz CT molecular complexity index is 600. The summed E-state index contributed by atoms with van der Waals surface area (Å²) >= 11 is 5.60. The second kappa shape index (κ2) is 5.04. The summed E-state index contributed by atoms with van der Waals surface area (Å²) in [7, 11) is 0. The molecule has 2 rings (SSSR count). The number of hydrogen-bond donors (Lipinski definition) is 2. The van der Waals surface area contributed by atoms with Crippen molar-refractivity contribution in [1.29, 1.82) is 0 Å². The third-order valence-corrected chi connectivity index (χ3v) is 3.55. The van der Waals surface area contributed by atoms with Crippen LogP contribution in [0.15, 0.2) is 12.3 Å². The Morgan fingerprint density at radius 1 is 1.50 bits per heavy atom.